The summed E-state index contributed by atoms with van der Waals surface area (Å²) in [5.41, 5.74) is 2.63. The highest BCUT2D eigenvalue weighted by atomic mass is 127. The van der Waals surface area contributed by atoms with Gasteiger partial charge in [-0.3, -0.25) is 14.6 Å². The zero-order valence-corrected chi connectivity index (χ0v) is 21.2. The number of likely N-dealkylation sites (tertiary alicyclic amines) is 1. The lowest BCUT2D eigenvalue weighted by Gasteiger charge is -2.29. The molecule has 2 N–H and O–H groups in total. The van der Waals surface area contributed by atoms with E-state index >= 15 is 0 Å². The first kappa shape index (κ1) is 25.4. The Labute approximate surface area is 203 Å². The molecule has 0 radical (unpaired) electrons. The van der Waals surface area contributed by atoms with Crippen molar-refractivity contribution in [3.63, 3.8) is 0 Å². The first-order chi connectivity index (χ1) is 14.5. The number of nitrogens with zero attached hydrogens (tertiary/aromatic N) is 3. The zero-order chi connectivity index (χ0) is 21.5. The van der Waals surface area contributed by atoms with Gasteiger partial charge in [0.15, 0.2) is 5.96 Å². The number of fused-ring (bicyclic) bond motifs is 1. The SMILES string of the molecule is CN=C(NCCCC(=O)N1CCc2ccccc2C1)NC1CCN(C(=O)C(C)C)C1.I. The molecule has 7 nitrogen and oxygen atoms in total. The lowest BCUT2D eigenvalue weighted by molar-refractivity contribution is -0.133. The third kappa shape index (κ3) is 7.08. The smallest absolute Gasteiger partial charge is 0.225 e. The van der Waals surface area contributed by atoms with Crippen molar-refractivity contribution in [2.24, 2.45) is 10.9 Å². The van der Waals surface area contributed by atoms with Crippen LogP contribution in [0.5, 0.6) is 0 Å². The number of carbonyl (C=O) groups is 2. The summed E-state index contributed by atoms with van der Waals surface area (Å²) in [5, 5.41) is 6.70. The van der Waals surface area contributed by atoms with Crippen molar-refractivity contribution in [2.45, 2.75) is 52.1 Å². The first-order valence-corrected chi connectivity index (χ1v) is 11.1. The van der Waals surface area contributed by atoms with Gasteiger partial charge >= 0.3 is 0 Å². The number of halogens is 1. The number of nitrogens with one attached hydrogen (secondary N) is 2. The molecule has 1 aromatic rings. The fraction of sp³-hybridized carbons (Fsp3) is 0.609. The highest BCUT2D eigenvalue weighted by Gasteiger charge is 2.28. The first-order valence-electron chi connectivity index (χ1n) is 11.1. The Kier molecular flexibility index (Phi) is 10.1. The lowest BCUT2D eigenvalue weighted by atomic mass is 9.99. The molecule has 0 aliphatic carbocycles. The molecule has 8 heteroatoms. The number of guanidine groups is 1. The van der Waals surface area contributed by atoms with Gasteiger partial charge < -0.3 is 20.4 Å². The van der Waals surface area contributed by atoms with E-state index in [9.17, 15) is 9.59 Å². The Balaban J connectivity index is 0.00000341. The Hall–Kier alpha value is -1.84. The van der Waals surface area contributed by atoms with Crippen molar-refractivity contribution in [1.29, 1.82) is 0 Å². The third-order valence-electron chi connectivity index (χ3n) is 5.90. The van der Waals surface area contributed by atoms with E-state index in [2.05, 4.69) is 33.8 Å². The predicted molar refractivity (Wildman–Crippen MR) is 135 cm³/mol. The summed E-state index contributed by atoms with van der Waals surface area (Å²) in [4.78, 5) is 32.9. The number of hydrogen-bond acceptors (Lipinski definition) is 3. The van der Waals surface area contributed by atoms with Crippen LogP contribution < -0.4 is 10.6 Å². The molecule has 3 rings (SSSR count). The number of hydrogen-bond donors (Lipinski definition) is 2. The second-order valence-corrected chi connectivity index (χ2v) is 8.51. The summed E-state index contributed by atoms with van der Waals surface area (Å²) in [6.07, 6.45) is 3.16. The van der Waals surface area contributed by atoms with Gasteiger partial charge in [-0.15, -0.1) is 24.0 Å². The van der Waals surface area contributed by atoms with Crippen molar-refractivity contribution >= 4 is 41.8 Å². The summed E-state index contributed by atoms with van der Waals surface area (Å²) in [5.74, 6) is 1.19. The van der Waals surface area contributed by atoms with Crippen LogP contribution in [0.4, 0.5) is 0 Å². The van der Waals surface area contributed by atoms with Gasteiger partial charge in [-0.05, 0) is 30.4 Å². The molecule has 0 bridgehead atoms. The van der Waals surface area contributed by atoms with Crippen LogP contribution in [0.1, 0.15) is 44.2 Å². The fourth-order valence-corrected chi connectivity index (χ4v) is 4.14. The molecule has 0 spiro atoms. The van der Waals surface area contributed by atoms with E-state index in [4.69, 9.17) is 0 Å². The average Bonchev–Trinajstić information content (AvgIpc) is 3.23. The van der Waals surface area contributed by atoms with E-state index < -0.39 is 0 Å². The molecule has 1 fully saturated rings. The summed E-state index contributed by atoms with van der Waals surface area (Å²) in [6.45, 7) is 7.60. The minimum Gasteiger partial charge on any atom is -0.356 e. The molecule has 0 saturated carbocycles. The van der Waals surface area contributed by atoms with Crippen molar-refractivity contribution in [2.75, 3.05) is 33.2 Å². The molecule has 2 aliphatic rings. The van der Waals surface area contributed by atoms with E-state index in [1.807, 2.05) is 29.7 Å². The van der Waals surface area contributed by atoms with Crippen LogP contribution in [0.25, 0.3) is 0 Å². The summed E-state index contributed by atoms with van der Waals surface area (Å²) >= 11 is 0. The molecule has 1 unspecified atom stereocenters. The van der Waals surface area contributed by atoms with Crippen LogP contribution >= 0.6 is 24.0 Å². The highest BCUT2D eigenvalue weighted by molar-refractivity contribution is 14.0. The highest BCUT2D eigenvalue weighted by Crippen LogP contribution is 2.19. The summed E-state index contributed by atoms with van der Waals surface area (Å²) in [7, 11) is 1.75. The Morgan fingerprint density at radius 2 is 1.90 bits per heavy atom. The zero-order valence-electron chi connectivity index (χ0n) is 18.9. The lowest BCUT2D eigenvalue weighted by Crippen LogP contribution is -2.45. The topological polar surface area (TPSA) is 77.0 Å². The van der Waals surface area contributed by atoms with Crippen molar-refractivity contribution < 1.29 is 9.59 Å². The molecule has 0 aromatic heterocycles. The standard InChI is InChI=1S/C23H35N5O2.HI/c1-17(2)22(30)28-14-11-20(16-28)26-23(24-3)25-12-6-9-21(29)27-13-10-18-7-4-5-8-19(18)15-27;/h4-5,7-8,17,20H,6,9-16H2,1-3H3,(H2,24,25,26);1H. The number of rotatable bonds is 6. The number of amides is 2. The van der Waals surface area contributed by atoms with Crippen LogP contribution in [0.2, 0.25) is 0 Å². The molecule has 31 heavy (non-hydrogen) atoms. The summed E-state index contributed by atoms with van der Waals surface area (Å²) in [6, 6.07) is 8.59. The quantitative estimate of drug-likeness (QED) is 0.251. The molecular formula is C23H36IN5O2. The minimum atomic E-state index is 0. The van der Waals surface area contributed by atoms with Gasteiger partial charge in [-0.25, -0.2) is 0 Å². The van der Waals surface area contributed by atoms with E-state index in [1.165, 1.54) is 11.1 Å². The van der Waals surface area contributed by atoms with Crippen LogP contribution in [-0.2, 0) is 22.6 Å². The third-order valence-corrected chi connectivity index (χ3v) is 5.90. The molecular weight excluding hydrogens is 505 g/mol. The maximum atomic E-state index is 12.6. The minimum absolute atomic E-state index is 0. The van der Waals surface area contributed by atoms with E-state index in [-0.39, 0.29) is 47.8 Å². The van der Waals surface area contributed by atoms with E-state index in [1.54, 1.807) is 7.05 Å². The van der Waals surface area contributed by atoms with Crippen LogP contribution in [-0.4, -0.2) is 66.8 Å². The Morgan fingerprint density at radius 1 is 1.16 bits per heavy atom. The van der Waals surface area contributed by atoms with Crippen molar-refractivity contribution in [3.05, 3.63) is 35.4 Å². The van der Waals surface area contributed by atoms with E-state index in [0.29, 0.717) is 19.5 Å². The Morgan fingerprint density at radius 3 is 2.61 bits per heavy atom. The van der Waals surface area contributed by atoms with Crippen molar-refractivity contribution in [1.82, 2.24) is 20.4 Å². The second kappa shape index (κ2) is 12.3. The number of benzene rings is 1. The number of aliphatic imine (C=N–C) groups is 1. The number of carbonyl (C=O) groups excluding carboxylic acids is 2. The van der Waals surface area contributed by atoms with Crippen LogP contribution in [0.3, 0.4) is 0 Å². The monoisotopic (exact) mass is 541 g/mol. The normalized spacial score (nSPS) is 18.5. The largest absolute Gasteiger partial charge is 0.356 e. The summed E-state index contributed by atoms with van der Waals surface area (Å²) < 4.78 is 0. The van der Waals surface area contributed by atoms with Crippen molar-refractivity contribution in [3.8, 4) is 0 Å². The van der Waals surface area contributed by atoms with Gasteiger partial charge in [0, 0.05) is 58.2 Å². The van der Waals surface area contributed by atoms with Gasteiger partial charge in [0.1, 0.15) is 0 Å². The molecule has 2 aliphatic heterocycles. The van der Waals surface area contributed by atoms with Gasteiger partial charge in [0.25, 0.3) is 0 Å². The molecule has 1 atom stereocenters. The average molecular weight is 541 g/mol. The van der Waals surface area contributed by atoms with Gasteiger partial charge in [0.05, 0.1) is 0 Å². The molecule has 2 amide bonds. The molecule has 1 aromatic carbocycles. The molecule has 172 valence electrons. The van der Waals surface area contributed by atoms with Crippen LogP contribution in [0, 0.1) is 5.92 Å². The predicted octanol–water partition coefficient (Wildman–Crippen LogP) is 2.39. The molecule has 1 saturated heterocycles. The maximum Gasteiger partial charge on any atom is 0.225 e. The fourth-order valence-electron chi connectivity index (χ4n) is 4.14. The van der Waals surface area contributed by atoms with Gasteiger partial charge in [-0.1, -0.05) is 38.1 Å². The second-order valence-electron chi connectivity index (χ2n) is 8.51. The maximum absolute atomic E-state index is 12.6. The van der Waals surface area contributed by atoms with Gasteiger partial charge in [-0.2, -0.15) is 0 Å². The Bertz CT molecular complexity index is 783. The van der Waals surface area contributed by atoms with Gasteiger partial charge in [0.2, 0.25) is 11.8 Å². The van der Waals surface area contributed by atoms with E-state index in [0.717, 1.165) is 44.9 Å². The molecule has 2 heterocycles. The van der Waals surface area contributed by atoms with Crippen LogP contribution in [0.15, 0.2) is 29.3 Å².